The molecular weight excluding hydrogens is 355 g/mol. The minimum atomic E-state index is -0.298. The second-order valence-corrected chi connectivity index (χ2v) is 7.08. The Hall–Kier alpha value is -3.21. The number of hydrogen-bond acceptors (Lipinski definition) is 2. The van der Waals surface area contributed by atoms with Gasteiger partial charge in [0.15, 0.2) is 0 Å². The third-order valence-corrected chi connectivity index (χ3v) is 5.18. The molecule has 0 saturated carbocycles. The Bertz CT molecular complexity index is 1040. The van der Waals surface area contributed by atoms with Gasteiger partial charge in [0, 0.05) is 23.9 Å². The van der Waals surface area contributed by atoms with E-state index in [1.165, 1.54) is 12.1 Å². The van der Waals surface area contributed by atoms with E-state index in [2.05, 4.69) is 5.32 Å². The average molecular weight is 376 g/mol. The predicted molar refractivity (Wildman–Crippen MR) is 108 cm³/mol. The van der Waals surface area contributed by atoms with Crippen LogP contribution in [-0.4, -0.2) is 18.4 Å². The molecule has 1 heterocycles. The van der Waals surface area contributed by atoms with Gasteiger partial charge in [0.1, 0.15) is 5.82 Å². The molecule has 4 rings (SSSR count). The Balaban J connectivity index is 1.36. The number of carbonyl (C=O) groups is 2. The first-order valence-electron chi connectivity index (χ1n) is 9.43. The fourth-order valence-corrected chi connectivity index (χ4v) is 3.75. The zero-order chi connectivity index (χ0) is 19.7. The van der Waals surface area contributed by atoms with Crippen molar-refractivity contribution in [3.8, 4) is 0 Å². The van der Waals surface area contributed by atoms with Crippen LogP contribution in [0.1, 0.15) is 41.7 Å². The van der Waals surface area contributed by atoms with Gasteiger partial charge in [0.05, 0.1) is 11.7 Å². The quantitative estimate of drug-likeness (QED) is 0.684. The summed E-state index contributed by atoms with van der Waals surface area (Å²) in [6.45, 7) is 2.36. The number of nitrogens with zero attached hydrogens (tertiary/aromatic N) is 1. The summed E-state index contributed by atoms with van der Waals surface area (Å²) in [5, 5.41) is 4.97. The lowest BCUT2D eigenvalue weighted by Gasteiger charge is -2.18. The number of nitrogens with one attached hydrogen (secondary N) is 1. The maximum Gasteiger partial charge on any atom is 0.258 e. The highest BCUT2D eigenvalue weighted by molar-refractivity contribution is 6.25. The molecule has 142 valence electrons. The van der Waals surface area contributed by atoms with Gasteiger partial charge < -0.3 is 10.2 Å². The lowest BCUT2D eigenvalue weighted by Crippen LogP contribution is -2.30. The minimum absolute atomic E-state index is 0.00751. The molecule has 2 amide bonds. The van der Waals surface area contributed by atoms with Gasteiger partial charge in [0.2, 0.25) is 5.91 Å². The molecule has 0 aromatic heterocycles. The van der Waals surface area contributed by atoms with E-state index in [-0.39, 0.29) is 23.7 Å². The molecule has 4 nitrogen and oxygen atoms in total. The van der Waals surface area contributed by atoms with Crippen molar-refractivity contribution in [2.24, 2.45) is 0 Å². The summed E-state index contributed by atoms with van der Waals surface area (Å²) in [6, 6.07) is 17.6. The Kier molecular flexibility index (Phi) is 4.82. The van der Waals surface area contributed by atoms with E-state index >= 15 is 0 Å². The van der Waals surface area contributed by atoms with E-state index in [4.69, 9.17) is 0 Å². The van der Waals surface area contributed by atoms with E-state index < -0.39 is 0 Å². The number of carbonyl (C=O) groups excluding carboxylic acids is 2. The van der Waals surface area contributed by atoms with Crippen molar-refractivity contribution in [3.05, 3.63) is 77.6 Å². The molecule has 0 unspecified atom stereocenters. The first kappa shape index (κ1) is 18.2. The summed E-state index contributed by atoms with van der Waals surface area (Å²) in [6.07, 6.45) is 0.889. The van der Waals surface area contributed by atoms with Gasteiger partial charge in [-0.2, -0.15) is 0 Å². The Labute approximate surface area is 163 Å². The number of benzene rings is 3. The fourth-order valence-electron chi connectivity index (χ4n) is 3.75. The zero-order valence-electron chi connectivity index (χ0n) is 15.6. The predicted octanol–water partition coefficient (Wildman–Crippen LogP) is 4.60. The second kappa shape index (κ2) is 7.43. The maximum atomic E-state index is 13.0. The average Bonchev–Trinajstić information content (AvgIpc) is 2.96. The molecule has 3 aromatic rings. The highest BCUT2D eigenvalue weighted by atomic mass is 19.1. The molecule has 3 aromatic carbocycles. The van der Waals surface area contributed by atoms with Gasteiger partial charge in [-0.1, -0.05) is 36.4 Å². The van der Waals surface area contributed by atoms with Crippen molar-refractivity contribution < 1.29 is 14.0 Å². The van der Waals surface area contributed by atoms with Crippen LogP contribution in [0.25, 0.3) is 10.8 Å². The summed E-state index contributed by atoms with van der Waals surface area (Å²) >= 11 is 0. The molecule has 0 saturated heterocycles. The largest absolute Gasteiger partial charge is 0.350 e. The summed E-state index contributed by atoms with van der Waals surface area (Å²) < 4.78 is 13.0. The number of halogens is 1. The first-order chi connectivity index (χ1) is 13.5. The normalized spacial score (nSPS) is 13.8. The molecule has 1 N–H and O–H groups in total. The molecule has 0 aliphatic carbocycles. The van der Waals surface area contributed by atoms with Crippen LogP contribution in [-0.2, 0) is 4.79 Å². The lowest BCUT2D eigenvalue weighted by atomic mass is 10.1. The molecule has 28 heavy (non-hydrogen) atoms. The zero-order valence-corrected chi connectivity index (χ0v) is 15.6. The second-order valence-electron chi connectivity index (χ2n) is 7.08. The van der Waals surface area contributed by atoms with E-state index in [9.17, 15) is 14.0 Å². The number of rotatable bonds is 6. The molecule has 0 radical (unpaired) electrons. The molecule has 0 spiro atoms. The Morgan fingerprint density at radius 1 is 1.07 bits per heavy atom. The third-order valence-electron chi connectivity index (χ3n) is 5.18. The van der Waals surface area contributed by atoms with E-state index in [1.54, 1.807) is 17.0 Å². The summed E-state index contributed by atoms with van der Waals surface area (Å²) in [5.41, 5.74) is 2.49. The van der Waals surface area contributed by atoms with Crippen LogP contribution in [0, 0.1) is 5.82 Å². The van der Waals surface area contributed by atoms with E-state index in [0.717, 1.165) is 27.6 Å². The Morgan fingerprint density at radius 3 is 2.54 bits per heavy atom. The lowest BCUT2D eigenvalue weighted by molar-refractivity contribution is -0.121. The first-order valence-corrected chi connectivity index (χ1v) is 9.43. The molecule has 5 heteroatoms. The van der Waals surface area contributed by atoms with Crippen LogP contribution >= 0.6 is 0 Å². The van der Waals surface area contributed by atoms with Crippen LogP contribution in [0.5, 0.6) is 0 Å². The summed E-state index contributed by atoms with van der Waals surface area (Å²) in [4.78, 5) is 26.8. The van der Waals surface area contributed by atoms with Crippen LogP contribution in [0.4, 0.5) is 10.1 Å². The van der Waals surface area contributed by atoms with Gasteiger partial charge in [-0.15, -0.1) is 0 Å². The number of hydrogen-bond donors (Lipinski definition) is 1. The van der Waals surface area contributed by atoms with Crippen molar-refractivity contribution in [1.82, 2.24) is 5.32 Å². The summed E-state index contributed by atoms with van der Waals surface area (Å²) in [5.74, 6) is -0.389. The smallest absolute Gasteiger partial charge is 0.258 e. The van der Waals surface area contributed by atoms with Gasteiger partial charge in [-0.05, 0) is 48.6 Å². The molecule has 1 aliphatic rings. The van der Waals surface area contributed by atoms with Gasteiger partial charge >= 0.3 is 0 Å². The fraction of sp³-hybridized carbons (Fsp3) is 0.217. The van der Waals surface area contributed by atoms with E-state index in [1.807, 2.05) is 43.3 Å². The molecule has 1 atom stereocenters. The SMILES string of the molecule is C[C@H](NC(=O)CCCN1C(=O)c2cccc3cccc1c23)c1ccc(F)cc1. The molecule has 0 bridgehead atoms. The van der Waals surface area contributed by atoms with Crippen molar-refractivity contribution in [3.63, 3.8) is 0 Å². The van der Waals surface area contributed by atoms with Crippen molar-refractivity contribution in [2.45, 2.75) is 25.8 Å². The standard InChI is InChI=1S/C23H21FN2O2/c1-15(16-10-12-18(24)13-11-16)25-21(27)9-4-14-26-20-8-3-6-17-5-2-7-19(22(17)20)23(26)28/h2-3,5-8,10-13,15H,4,9,14H2,1H3,(H,25,27)/t15-/m0/s1. The van der Waals surface area contributed by atoms with Gasteiger partial charge in [-0.3, -0.25) is 9.59 Å². The maximum absolute atomic E-state index is 13.0. The third kappa shape index (κ3) is 3.36. The monoisotopic (exact) mass is 376 g/mol. The van der Waals surface area contributed by atoms with Gasteiger partial charge in [-0.25, -0.2) is 4.39 Å². The van der Waals surface area contributed by atoms with Crippen LogP contribution in [0.2, 0.25) is 0 Å². The topological polar surface area (TPSA) is 49.4 Å². The van der Waals surface area contributed by atoms with Crippen LogP contribution < -0.4 is 10.2 Å². The van der Waals surface area contributed by atoms with Crippen LogP contribution in [0.15, 0.2) is 60.7 Å². The van der Waals surface area contributed by atoms with Gasteiger partial charge in [0.25, 0.3) is 5.91 Å². The molecular formula is C23H21FN2O2. The van der Waals surface area contributed by atoms with Crippen molar-refractivity contribution >= 4 is 28.3 Å². The van der Waals surface area contributed by atoms with Crippen molar-refractivity contribution in [1.29, 1.82) is 0 Å². The number of anilines is 1. The van der Waals surface area contributed by atoms with E-state index in [0.29, 0.717) is 19.4 Å². The number of amides is 2. The van der Waals surface area contributed by atoms with Crippen LogP contribution in [0.3, 0.4) is 0 Å². The molecule has 0 fully saturated rings. The highest BCUT2D eigenvalue weighted by Gasteiger charge is 2.29. The highest BCUT2D eigenvalue weighted by Crippen LogP contribution is 2.37. The Morgan fingerprint density at radius 2 is 1.79 bits per heavy atom. The van der Waals surface area contributed by atoms with Crippen molar-refractivity contribution in [2.75, 3.05) is 11.4 Å². The minimum Gasteiger partial charge on any atom is -0.350 e. The summed E-state index contributed by atoms with van der Waals surface area (Å²) in [7, 11) is 0. The molecule has 1 aliphatic heterocycles.